The number of nitrogens with zero attached hydrogens (tertiary/aromatic N) is 2. The van der Waals surface area contributed by atoms with E-state index in [1.54, 1.807) is 6.20 Å². The fourth-order valence-electron chi connectivity index (χ4n) is 2.48. The normalized spacial score (nSPS) is 15.5. The maximum Gasteiger partial charge on any atom is 0.226 e. The van der Waals surface area contributed by atoms with Crippen molar-refractivity contribution in [3.05, 3.63) is 35.5 Å². The van der Waals surface area contributed by atoms with Gasteiger partial charge in [0.2, 0.25) is 5.91 Å². The fraction of sp³-hybridized carbons (Fsp3) is 0.438. The quantitative estimate of drug-likeness (QED) is 0.819. The molecule has 1 unspecified atom stereocenters. The van der Waals surface area contributed by atoms with Crippen LogP contribution in [-0.2, 0) is 11.2 Å². The van der Waals surface area contributed by atoms with Crippen molar-refractivity contribution in [3.8, 4) is 10.7 Å². The summed E-state index contributed by atoms with van der Waals surface area (Å²) >= 11 is 1.50. The highest BCUT2D eigenvalue weighted by Gasteiger charge is 2.31. The van der Waals surface area contributed by atoms with Crippen LogP contribution in [0.5, 0.6) is 0 Å². The highest BCUT2D eigenvalue weighted by Crippen LogP contribution is 2.34. The Bertz CT molecular complexity index is 625. The Kier molecular flexibility index (Phi) is 4.80. The summed E-state index contributed by atoms with van der Waals surface area (Å²) in [7, 11) is 0. The van der Waals surface area contributed by atoms with Crippen molar-refractivity contribution in [3.63, 3.8) is 0 Å². The second kappa shape index (κ2) is 6.98. The van der Waals surface area contributed by atoms with E-state index >= 15 is 0 Å². The van der Waals surface area contributed by atoms with Crippen LogP contribution in [0.4, 0.5) is 0 Å². The lowest BCUT2D eigenvalue weighted by Crippen LogP contribution is -2.38. The molecule has 0 radical (unpaired) electrons. The summed E-state index contributed by atoms with van der Waals surface area (Å²) in [5.74, 6) is 0.513. The molecule has 2 aromatic rings. The van der Waals surface area contributed by atoms with Gasteiger partial charge < -0.3 is 10.4 Å². The van der Waals surface area contributed by atoms with E-state index in [1.807, 2.05) is 23.6 Å². The van der Waals surface area contributed by atoms with Crippen LogP contribution < -0.4 is 5.32 Å². The second-order valence-electron chi connectivity index (χ2n) is 5.56. The standard InChI is InChI=1S/C16H19N3O2S/c20-8-6-13(11-4-5-11)19-15(21)9-12-10-22-16(18-12)14-3-1-2-7-17-14/h1-3,7,10-11,13,20H,4-6,8-9H2,(H,19,21). The fourth-order valence-corrected chi connectivity index (χ4v) is 3.28. The lowest BCUT2D eigenvalue weighted by atomic mass is 10.1. The van der Waals surface area contributed by atoms with Crippen LogP contribution in [0.1, 0.15) is 25.0 Å². The molecule has 1 atom stereocenters. The minimum absolute atomic E-state index is 0.0248. The number of aliphatic hydroxyl groups excluding tert-OH is 1. The molecular formula is C16H19N3O2S. The van der Waals surface area contributed by atoms with Crippen LogP contribution in [-0.4, -0.2) is 33.6 Å². The van der Waals surface area contributed by atoms with E-state index in [0.717, 1.165) is 29.2 Å². The van der Waals surface area contributed by atoms with Crippen LogP contribution in [0.3, 0.4) is 0 Å². The molecule has 3 rings (SSSR count). The summed E-state index contributed by atoms with van der Waals surface area (Å²) in [4.78, 5) is 20.9. The average Bonchev–Trinajstić information content (AvgIpc) is 3.28. The SMILES string of the molecule is O=C(Cc1csc(-c2ccccn2)n1)NC(CCO)C1CC1. The molecule has 0 saturated heterocycles. The molecule has 0 spiro atoms. The van der Waals surface area contributed by atoms with E-state index in [1.165, 1.54) is 11.3 Å². The zero-order valence-corrected chi connectivity index (χ0v) is 13.1. The topological polar surface area (TPSA) is 75.1 Å². The van der Waals surface area contributed by atoms with E-state index in [-0.39, 0.29) is 25.0 Å². The smallest absolute Gasteiger partial charge is 0.226 e. The van der Waals surface area contributed by atoms with Crippen molar-refractivity contribution < 1.29 is 9.90 Å². The molecule has 1 saturated carbocycles. The zero-order valence-electron chi connectivity index (χ0n) is 12.2. The van der Waals surface area contributed by atoms with Gasteiger partial charge in [-0.05, 0) is 37.3 Å². The number of aliphatic hydroxyl groups is 1. The first kappa shape index (κ1) is 15.1. The first-order valence-electron chi connectivity index (χ1n) is 7.52. The summed E-state index contributed by atoms with van der Waals surface area (Å²) in [6.07, 6.45) is 4.93. The van der Waals surface area contributed by atoms with Crippen LogP contribution >= 0.6 is 11.3 Å². The van der Waals surface area contributed by atoms with E-state index in [4.69, 9.17) is 5.11 Å². The van der Waals surface area contributed by atoms with Crippen molar-refractivity contribution in [2.75, 3.05) is 6.61 Å². The molecular weight excluding hydrogens is 298 g/mol. The Morgan fingerprint density at radius 3 is 3.00 bits per heavy atom. The van der Waals surface area contributed by atoms with Gasteiger partial charge in [0, 0.05) is 24.2 Å². The molecule has 6 heteroatoms. The minimum Gasteiger partial charge on any atom is -0.396 e. The van der Waals surface area contributed by atoms with Crippen LogP contribution in [0.15, 0.2) is 29.8 Å². The molecule has 1 aliphatic rings. The minimum atomic E-state index is -0.0248. The lowest BCUT2D eigenvalue weighted by molar-refractivity contribution is -0.121. The summed E-state index contributed by atoms with van der Waals surface area (Å²) in [6.45, 7) is 0.113. The molecule has 0 bridgehead atoms. The Labute approximate surface area is 133 Å². The molecule has 22 heavy (non-hydrogen) atoms. The van der Waals surface area contributed by atoms with Crippen LogP contribution in [0, 0.1) is 5.92 Å². The molecule has 1 amide bonds. The summed E-state index contributed by atoms with van der Waals surface area (Å²) < 4.78 is 0. The third kappa shape index (κ3) is 3.90. The lowest BCUT2D eigenvalue weighted by Gasteiger charge is -2.16. The van der Waals surface area contributed by atoms with Crippen molar-refractivity contribution in [2.24, 2.45) is 5.92 Å². The molecule has 2 N–H and O–H groups in total. The van der Waals surface area contributed by atoms with Crippen molar-refractivity contribution in [2.45, 2.75) is 31.7 Å². The van der Waals surface area contributed by atoms with E-state index in [0.29, 0.717) is 12.3 Å². The first-order chi connectivity index (χ1) is 10.8. The van der Waals surface area contributed by atoms with Gasteiger partial charge in [0.25, 0.3) is 0 Å². The number of carbonyl (C=O) groups is 1. The number of thiazole rings is 1. The maximum atomic E-state index is 12.1. The molecule has 5 nitrogen and oxygen atoms in total. The van der Waals surface area contributed by atoms with Gasteiger partial charge in [-0.2, -0.15) is 0 Å². The Morgan fingerprint density at radius 2 is 2.32 bits per heavy atom. The third-order valence-corrected chi connectivity index (χ3v) is 4.67. The van der Waals surface area contributed by atoms with Gasteiger partial charge in [-0.1, -0.05) is 6.07 Å². The molecule has 0 aromatic carbocycles. The number of rotatable bonds is 7. The molecule has 2 heterocycles. The molecule has 1 aliphatic carbocycles. The summed E-state index contributed by atoms with van der Waals surface area (Å²) in [5.41, 5.74) is 1.59. The highest BCUT2D eigenvalue weighted by molar-refractivity contribution is 7.13. The average molecular weight is 317 g/mol. The number of hydrogen-bond acceptors (Lipinski definition) is 5. The van der Waals surface area contributed by atoms with Crippen molar-refractivity contribution in [1.29, 1.82) is 0 Å². The maximum absolute atomic E-state index is 12.1. The Hall–Kier alpha value is -1.79. The number of hydrogen-bond donors (Lipinski definition) is 2. The molecule has 2 aromatic heterocycles. The first-order valence-corrected chi connectivity index (χ1v) is 8.40. The highest BCUT2D eigenvalue weighted by atomic mass is 32.1. The van der Waals surface area contributed by atoms with Gasteiger partial charge >= 0.3 is 0 Å². The number of pyridine rings is 1. The molecule has 1 fully saturated rings. The number of aromatic nitrogens is 2. The van der Waals surface area contributed by atoms with Gasteiger partial charge in [0.1, 0.15) is 5.01 Å². The van der Waals surface area contributed by atoms with Gasteiger partial charge in [-0.3, -0.25) is 9.78 Å². The van der Waals surface area contributed by atoms with Gasteiger partial charge in [-0.25, -0.2) is 4.98 Å². The van der Waals surface area contributed by atoms with Gasteiger partial charge in [0.05, 0.1) is 17.8 Å². The number of nitrogens with one attached hydrogen (secondary N) is 1. The molecule has 0 aliphatic heterocycles. The predicted octanol–water partition coefficient (Wildman–Crippen LogP) is 2.02. The monoisotopic (exact) mass is 317 g/mol. The largest absolute Gasteiger partial charge is 0.396 e. The zero-order chi connectivity index (χ0) is 15.4. The van der Waals surface area contributed by atoms with Crippen molar-refractivity contribution >= 4 is 17.2 Å². The van der Waals surface area contributed by atoms with E-state index < -0.39 is 0 Å². The third-order valence-electron chi connectivity index (χ3n) is 3.75. The van der Waals surface area contributed by atoms with Crippen LogP contribution in [0.2, 0.25) is 0 Å². The van der Waals surface area contributed by atoms with E-state index in [2.05, 4.69) is 15.3 Å². The number of amides is 1. The predicted molar refractivity (Wildman–Crippen MR) is 85.4 cm³/mol. The Balaban J connectivity index is 1.59. The Morgan fingerprint density at radius 1 is 1.45 bits per heavy atom. The molecule has 116 valence electrons. The number of carbonyl (C=O) groups excluding carboxylic acids is 1. The summed E-state index contributed by atoms with van der Waals surface area (Å²) in [5, 5.41) is 14.8. The second-order valence-corrected chi connectivity index (χ2v) is 6.42. The summed E-state index contributed by atoms with van der Waals surface area (Å²) in [6, 6.07) is 5.80. The van der Waals surface area contributed by atoms with Crippen molar-refractivity contribution in [1.82, 2.24) is 15.3 Å². The van der Waals surface area contributed by atoms with E-state index in [9.17, 15) is 4.79 Å². The van der Waals surface area contributed by atoms with Gasteiger partial charge in [-0.15, -0.1) is 11.3 Å². The van der Waals surface area contributed by atoms with Crippen LogP contribution in [0.25, 0.3) is 10.7 Å². The van der Waals surface area contributed by atoms with Gasteiger partial charge in [0.15, 0.2) is 0 Å².